The Bertz CT molecular complexity index is 1030. The molecule has 1 amide bonds. The van der Waals surface area contributed by atoms with Gasteiger partial charge in [0.1, 0.15) is 11.3 Å². The van der Waals surface area contributed by atoms with Gasteiger partial charge >= 0.3 is 0 Å². The van der Waals surface area contributed by atoms with E-state index in [2.05, 4.69) is 15.4 Å². The highest BCUT2D eigenvalue weighted by Crippen LogP contribution is 2.19. The molecular weight excluding hydrogens is 328 g/mol. The van der Waals surface area contributed by atoms with Crippen LogP contribution in [0.1, 0.15) is 11.3 Å². The van der Waals surface area contributed by atoms with Crippen molar-refractivity contribution < 1.29 is 9.21 Å². The first-order valence-electron chi connectivity index (χ1n) is 8.16. The highest BCUT2D eigenvalue weighted by molar-refractivity contribution is 6.01. The molecule has 6 heteroatoms. The highest BCUT2D eigenvalue weighted by Gasteiger charge is 2.04. The molecule has 0 radical (unpaired) electrons. The SMILES string of the molecule is O=C(/C=C/c1cc2ccccc2o1)Nc1ccn(Cc2cccnc2)n1. The number of benzene rings is 1. The molecule has 1 aromatic carbocycles. The molecule has 1 N–H and O–H groups in total. The van der Waals surface area contributed by atoms with Crippen LogP contribution < -0.4 is 5.32 Å². The lowest BCUT2D eigenvalue weighted by atomic mass is 10.2. The highest BCUT2D eigenvalue weighted by atomic mass is 16.3. The van der Waals surface area contributed by atoms with Crippen LogP contribution in [0.2, 0.25) is 0 Å². The molecule has 0 atom stereocenters. The van der Waals surface area contributed by atoms with E-state index in [9.17, 15) is 4.79 Å². The number of para-hydroxylation sites is 1. The first-order chi connectivity index (χ1) is 12.8. The second-order valence-corrected chi connectivity index (χ2v) is 5.77. The third kappa shape index (κ3) is 3.70. The van der Waals surface area contributed by atoms with Crippen LogP contribution in [0.15, 0.2) is 77.6 Å². The van der Waals surface area contributed by atoms with Crippen molar-refractivity contribution in [2.45, 2.75) is 6.54 Å². The lowest BCUT2D eigenvalue weighted by Gasteiger charge is -2.01. The summed E-state index contributed by atoms with van der Waals surface area (Å²) in [4.78, 5) is 16.1. The Hall–Kier alpha value is -3.67. The number of carbonyl (C=O) groups excluding carboxylic acids is 1. The zero-order valence-corrected chi connectivity index (χ0v) is 13.9. The van der Waals surface area contributed by atoms with E-state index in [0.717, 1.165) is 16.5 Å². The third-order valence-corrected chi connectivity index (χ3v) is 3.80. The molecule has 3 aromatic heterocycles. The number of rotatable bonds is 5. The standard InChI is InChI=1S/C20H16N4O2/c25-20(8-7-17-12-16-5-1-2-6-18(16)26-17)22-19-9-11-24(23-19)14-15-4-3-10-21-13-15/h1-13H,14H2,(H,22,23,25)/b8-7+. The lowest BCUT2D eigenvalue weighted by molar-refractivity contribution is -0.111. The molecule has 0 bridgehead atoms. The monoisotopic (exact) mass is 344 g/mol. The van der Waals surface area contributed by atoms with Gasteiger partial charge in [-0.15, -0.1) is 0 Å². The fourth-order valence-corrected chi connectivity index (χ4v) is 2.61. The predicted molar refractivity (Wildman–Crippen MR) is 99.4 cm³/mol. The second-order valence-electron chi connectivity index (χ2n) is 5.77. The third-order valence-electron chi connectivity index (χ3n) is 3.80. The summed E-state index contributed by atoms with van der Waals surface area (Å²) in [5.74, 6) is 0.855. The number of carbonyl (C=O) groups is 1. The fourth-order valence-electron chi connectivity index (χ4n) is 2.61. The summed E-state index contributed by atoms with van der Waals surface area (Å²) in [6.45, 7) is 0.596. The summed E-state index contributed by atoms with van der Waals surface area (Å²) in [6, 6.07) is 15.2. The van der Waals surface area contributed by atoms with Crippen LogP contribution >= 0.6 is 0 Å². The first kappa shape index (κ1) is 15.8. The molecule has 128 valence electrons. The van der Waals surface area contributed by atoms with Crippen LogP contribution in [0.3, 0.4) is 0 Å². The van der Waals surface area contributed by atoms with Gasteiger partial charge in [0.2, 0.25) is 5.91 Å². The average molecular weight is 344 g/mol. The first-order valence-corrected chi connectivity index (χ1v) is 8.16. The van der Waals surface area contributed by atoms with Crippen LogP contribution in [0.4, 0.5) is 5.82 Å². The van der Waals surface area contributed by atoms with Crippen molar-refractivity contribution in [3.8, 4) is 0 Å². The number of pyridine rings is 1. The van der Waals surface area contributed by atoms with E-state index in [1.54, 1.807) is 29.2 Å². The van der Waals surface area contributed by atoms with Crippen molar-refractivity contribution in [1.29, 1.82) is 0 Å². The molecule has 0 aliphatic heterocycles. The Balaban J connectivity index is 1.38. The van der Waals surface area contributed by atoms with E-state index in [-0.39, 0.29) is 5.91 Å². The minimum Gasteiger partial charge on any atom is -0.457 e. The lowest BCUT2D eigenvalue weighted by Crippen LogP contribution is -2.09. The maximum Gasteiger partial charge on any atom is 0.249 e. The zero-order valence-electron chi connectivity index (χ0n) is 13.9. The molecule has 0 aliphatic carbocycles. The Morgan fingerprint density at radius 1 is 1.19 bits per heavy atom. The Morgan fingerprint density at radius 2 is 2.12 bits per heavy atom. The van der Waals surface area contributed by atoms with E-state index in [0.29, 0.717) is 18.1 Å². The van der Waals surface area contributed by atoms with E-state index >= 15 is 0 Å². The van der Waals surface area contributed by atoms with Gasteiger partial charge in [-0.2, -0.15) is 5.10 Å². The minimum atomic E-state index is -0.267. The number of hydrogen-bond donors (Lipinski definition) is 1. The van der Waals surface area contributed by atoms with Gasteiger partial charge in [0.05, 0.1) is 6.54 Å². The zero-order chi connectivity index (χ0) is 17.8. The van der Waals surface area contributed by atoms with Crippen LogP contribution in [-0.2, 0) is 11.3 Å². The Kier molecular flexibility index (Phi) is 4.30. The molecule has 3 heterocycles. The van der Waals surface area contributed by atoms with Crippen LogP contribution in [0, 0.1) is 0 Å². The summed E-state index contributed by atoms with van der Waals surface area (Å²) >= 11 is 0. The quantitative estimate of drug-likeness (QED) is 0.560. The van der Waals surface area contributed by atoms with Gasteiger partial charge in [-0.05, 0) is 29.8 Å². The molecule has 0 fully saturated rings. The molecule has 0 saturated carbocycles. The van der Waals surface area contributed by atoms with Crippen molar-refractivity contribution in [3.63, 3.8) is 0 Å². The fraction of sp³-hybridized carbons (Fsp3) is 0.0500. The van der Waals surface area contributed by atoms with Crippen molar-refractivity contribution in [1.82, 2.24) is 14.8 Å². The molecule has 6 nitrogen and oxygen atoms in total. The maximum atomic E-state index is 12.1. The summed E-state index contributed by atoms with van der Waals surface area (Å²) < 4.78 is 7.39. The average Bonchev–Trinajstić information content (AvgIpc) is 3.27. The summed E-state index contributed by atoms with van der Waals surface area (Å²) in [5, 5.41) is 8.07. The van der Waals surface area contributed by atoms with Gasteiger partial charge in [-0.25, -0.2) is 0 Å². The number of nitrogens with one attached hydrogen (secondary N) is 1. The predicted octanol–water partition coefficient (Wildman–Crippen LogP) is 3.72. The minimum absolute atomic E-state index is 0.267. The normalized spacial score (nSPS) is 11.2. The number of hydrogen-bond acceptors (Lipinski definition) is 4. The van der Waals surface area contributed by atoms with Crippen LogP contribution in [0.5, 0.6) is 0 Å². The van der Waals surface area contributed by atoms with E-state index in [1.165, 1.54) is 6.08 Å². The molecule has 0 saturated heterocycles. The van der Waals surface area contributed by atoms with Crippen LogP contribution in [0.25, 0.3) is 17.0 Å². The Morgan fingerprint density at radius 3 is 2.96 bits per heavy atom. The van der Waals surface area contributed by atoms with Gasteiger partial charge < -0.3 is 9.73 Å². The van der Waals surface area contributed by atoms with Gasteiger partial charge in [0, 0.05) is 36.1 Å². The number of nitrogens with zero attached hydrogens (tertiary/aromatic N) is 3. The number of furan rings is 1. The van der Waals surface area contributed by atoms with Crippen molar-refractivity contribution in [2.24, 2.45) is 0 Å². The van der Waals surface area contributed by atoms with Crippen molar-refractivity contribution in [3.05, 3.63) is 84.5 Å². The second kappa shape index (κ2) is 7.06. The van der Waals surface area contributed by atoms with E-state index < -0.39 is 0 Å². The molecule has 0 unspecified atom stereocenters. The van der Waals surface area contributed by atoms with Gasteiger partial charge in [-0.3, -0.25) is 14.5 Å². The number of anilines is 1. The number of amides is 1. The van der Waals surface area contributed by atoms with Gasteiger partial charge in [-0.1, -0.05) is 24.3 Å². The van der Waals surface area contributed by atoms with Crippen molar-refractivity contribution in [2.75, 3.05) is 5.32 Å². The molecule has 0 spiro atoms. The number of aromatic nitrogens is 3. The van der Waals surface area contributed by atoms with Crippen LogP contribution in [-0.4, -0.2) is 20.7 Å². The van der Waals surface area contributed by atoms with E-state index in [4.69, 9.17) is 4.42 Å². The van der Waals surface area contributed by atoms with Crippen molar-refractivity contribution >= 4 is 28.8 Å². The maximum absolute atomic E-state index is 12.1. The topological polar surface area (TPSA) is 73.0 Å². The summed E-state index contributed by atoms with van der Waals surface area (Å²) in [7, 11) is 0. The van der Waals surface area contributed by atoms with E-state index in [1.807, 2.05) is 48.7 Å². The summed E-state index contributed by atoms with van der Waals surface area (Å²) in [6.07, 6.45) is 8.40. The largest absolute Gasteiger partial charge is 0.457 e. The number of fused-ring (bicyclic) bond motifs is 1. The van der Waals surface area contributed by atoms with Gasteiger partial charge in [0.15, 0.2) is 5.82 Å². The molecular formula is C20H16N4O2. The smallest absolute Gasteiger partial charge is 0.249 e. The summed E-state index contributed by atoms with van der Waals surface area (Å²) in [5.41, 5.74) is 1.83. The molecule has 4 aromatic rings. The Labute approximate surface area is 149 Å². The molecule has 26 heavy (non-hydrogen) atoms. The molecule has 0 aliphatic rings. The molecule has 4 rings (SSSR count). The van der Waals surface area contributed by atoms with Gasteiger partial charge in [0.25, 0.3) is 0 Å².